The lowest BCUT2D eigenvalue weighted by molar-refractivity contribution is 0.00228. The van der Waals surface area contributed by atoms with Gasteiger partial charge in [0.15, 0.2) is 6.29 Å². The Hall–Kier alpha value is -0.0500. The van der Waals surface area contributed by atoms with Gasteiger partial charge in [-0.3, -0.25) is 0 Å². The Morgan fingerprint density at radius 1 is 1.43 bits per heavy atom. The minimum absolute atomic E-state index is 0. The van der Waals surface area contributed by atoms with E-state index in [1.807, 2.05) is 0 Å². The van der Waals surface area contributed by atoms with Crippen molar-refractivity contribution >= 4 is 12.4 Å². The van der Waals surface area contributed by atoms with Crippen LogP contribution in [0.4, 0.5) is 0 Å². The van der Waals surface area contributed by atoms with Gasteiger partial charge in [-0.15, -0.1) is 12.4 Å². The molecule has 0 unspecified atom stereocenters. The molecule has 0 rings (SSSR count). The van der Waals surface area contributed by atoms with Gasteiger partial charge in [-0.2, -0.15) is 0 Å². The van der Waals surface area contributed by atoms with Crippen LogP contribution in [0.25, 0.3) is 0 Å². The molecule has 0 saturated carbocycles. The number of hydrogen-bond acceptors (Lipinski definition) is 2. The van der Waals surface area contributed by atoms with Crippen LogP contribution in [-0.4, -0.2) is 16.5 Å². The van der Waals surface area contributed by atoms with Crippen molar-refractivity contribution in [1.82, 2.24) is 0 Å². The molecule has 0 fully saturated rings. The van der Waals surface area contributed by atoms with Crippen molar-refractivity contribution in [3.63, 3.8) is 0 Å². The average molecular weight is 125 g/mol. The maximum absolute atomic E-state index is 8.02. The topological polar surface area (TPSA) is 40.5 Å². The molecule has 0 aliphatic rings. The normalized spacial score (nSPS) is 9.71. The molecule has 0 aromatic heterocycles. The minimum atomic E-state index is -1.28. The summed E-state index contributed by atoms with van der Waals surface area (Å²) >= 11 is 0. The van der Waals surface area contributed by atoms with E-state index in [-0.39, 0.29) is 12.4 Å². The Balaban J connectivity index is 0. The van der Waals surface area contributed by atoms with Crippen molar-refractivity contribution in [3.05, 3.63) is 12.2 Å². The van der Waals surface area contributed by atoms with Gasteiger partial charge in [0.1, 0.15) is 0 Å². The molecular formula is C4H9ClO2. The Labute approximate surface area is 48.9 Å². The SMILES string of the molecule is C/C=C\C(O)O.Cl. The Kier molecular flexibility index (Phi) is 8.54. The average Bonchev–Trinajstić information content (AvgIpc) is 1.35. The third kappa shape index (κ3) is 10.7. The molecule has 0 aliphatic heterocycles. The van der Waals surface area contributed by atoms with Crippen LogP contribution in [-0.2, 0) is 0 Å². The number of hydrogen-bond donors (Lipinski definition) is 2. The van der Waals surface area contributed by atoms with Crippen molar-refractivity contribution in [3.8, 4) is 0 Å². The van der Waals surface area contributed by atoms with E-state index in [1.165, 1.54) is 6.08 Å². The summed E-state index contributed by atoms with van der Waals surface area (Å²) in [5.74, 6) is 0. The van der Waals surface area contributed by atoms with Crippen molar-refractivity contribution in [2.24, 2.45) is 0 Å². The van der Waals surface area contributed by atoms with E-state index in [0.717, 1.165) is 0 Å². The fourth-order valence-electron chi connectivity index (χ4n) is 0.172. The zero-order valence-corrected chi connectivity index (χ0v) is 4.85. The maximum Gasteiger partial charge on any atom is 0.171 e. The van der Waals surface area contributed by atoms with Gasteiger partial charge in [0.05, 0.1) is 0 Å². The monoisotopic (exact) mass is 124 g/mol. The van der Waals surface area contributed by atoms with E-state index in [2.05, 4.69) is 0 Å². The van der Waals surface area contributed by atoms with Crippen LogP contribution < -0.4 is 0 Å². The van der Waals surface area contributed by atoms with E-state index in [1.54, 1.807) is 13.0 Å². The quantitative estimate of drug-likeness (QED) is 0.390. The van der Waals surface area contributed by atoms with Gasteiger partial charge >= 0.3 is 0 Å². The Bertz CT molecular complexity index is 51.7. The molecule has 0 bridgehead atoms. The maximum atomic E-state index is 8.02. The highest BCUT2D eigenvalue weighted by Gasteiger charge is 1.79. The first-order chi connectivity index (χ1) is 2.77. The summed E-state index contributed by atoms with van der Waals surface area (Å²) in [7, 11) is 0. The van der Waals surface area contributed by atoms with E-state index in [9.17, 15) is 0 Å². The fraction of sp³-hybridized carbons (Fsp3) is 0.500. The van der Waals surface area contributed by atoms with Crippen molar-refractivity contribution in [1.29, 1.82) is 0 Å². The van der Waals surface area contributed by atoms with E-state index < -0.39 is 6.29 Å². The molecule has 7 heavy (non-hydrogen) atoms. The number of aliphatic hydroxyl groups is 2. The summed E-state index contributed by atoms with van der Waals surface area (Å²) < 4.78 is 0. The molecule has 0 heterocycles. The van der Waals surface area contributed by atoms with Crippen LogP contribution in [0.1, 0.15) is 6.92 Å². The lowest BCUT2D eigenvalue weighted by Crippen LogP contribution is -1.96. The molecule has 2 nitrogen and oxygen atoms in total. The fourth-order valence-corrected chi connectivity index (χ4v) is 0.172. The third-order valence-corrected chi connectivity index (χ3v) is 0.365. The van der Waals surface area contributed by atoms with E-state index in [0.29, 0.717) is 0 Å². The summed E-state index contributed by atoms with van der Waals surface area (Å²) in [6.07, 6.45) is 1.57. The number of rotatable bonds is 1. The molecule has 0 aromatic rings. The van der Waals surface area contributed by atoms with Crippen LogP contribution in [0.2, 0.25) is 0 Å². The van der Waals surface area contributed by atoms with Crippen LogP contribution in [0.15, 0.2) is 12.2 Å². The largest absolute Gasteiger partial charge is 0.365 e. The summed E-state index contributed by atoms with van der Waals surface area (Å²) in [6.45, 7) is 1.72. The summed E-state index contributed by atoms with van der Waals surface area (Å²) in [5, 5.41) is 16.0. The highest BCUT2D eigenvalue weighted by atomic mass is 35.5. The van der Waals surface area contributed by atoms with Crippen LogP contribution in [0, 0.1) is 0 Å². The van der Waals surface area contributed by atoms with Gasteiger partial charge in [-0.1, -0.05) is 6.08 Å². The highest BCUT2D eigenvalue weighted by Crippen LogP contribution is 1.74. The van der Waals surface area contributed by atoms with Crippen LogP contribution >= 0.6 is 12.4 Å². The summed E-state index contributed by atoms with van der Waals surface area (Å²) in [6, 6.07) is 0. The second kappa shape index (κ2) is 5.95. The van der Waals surface area contributed by atoms with E-state index in [4.69, 9.17) is 10.2 Å². The Morgan fingerprint density at radius 3 is 1.86 bits per heavy atom. The number of aliphatic hydroxyl groups excluding tert-OH is 1. The molecule has 0 spiro atoms. The molecular weight excluding hydrogens is 115 g/mol. The molecule has 2 N–H and O–H groups in total. The number of halogens is 1. The zero-order chi connectivity index (χ0) is 4.99. The molecule has 0 aromatic carbocycles. The second-order valence-corrected chi connectivity index (χ2v) is 0.939. The minimum Gasteiger partial charge on any atom is -0.365 e. The zero-order valence-electron chi connectivity index (χ0n) is 4.03. The van der Waals surface area contributed by atoms with Crippen LogP contribution in [0.3, 0.4) is 0 Å². The first-order valence-corrected chi connectivity index (χ1v) is 1.76. The van der Waals surface area contributed by atoms with E-state index >= 15 is 0 Å². The molecule has 0 atom stereocenters. The predicted molar refractivity (Wildman–Crippen MR) is 30.3 cm³/mol. The van der Waals surface area contributed by atoms with Gasteiger partial charge in [0, 0.05) is 0 Å². The summed E-state index contributed by atoms with van der Waals surface area (Å²) in [5.41, 5.74) is 0. The van der Waals surface area contributed by atoms with Crippen molar-refractivity contribution in [2.75, 3.05) is 0 Å². The standard InChI is InChI=1S/C4H8O2.ClH/c1-2-3-4(5)6;/h2-6H,1H3;1H/b3-2-;. The highest BCUT2D eigenvalue weighted by molar-refractivity contribution is 5.85. The molecule has 0 saturated heterocycles. The van der Waals surface area contributed by atoms with Gasteiger partial charge < -0.3 is 10.2 Å². The summed E-state index contributed by atoms with van der Waals surface area (Å²) in [4.78, 5) is 0. The van der Waals surface area contributed by atoms with Crippen molar-refractivity contribution < 1.29 is 10.2 Å². The molecule has 3 heteroatoms. The van der Waals surface area contributed by atoms with Gasteiger partial charge in [-0.05, 0) is 13.0 Å². The Morgan fingerprint density at radius 2 is 1.86 bits per heavy atom. The molecule has 44 valence electrons. The van der Waals surface area contributed by atoms with Crippen molar-refractivity contribution in [2.45, 2.75) is 13.2 Å². The van der Waals surface area contributed by atoms with Gasteiger partial charge in [0.2, 0.25) is 0 Å². The first kappa shape index (κ1) is 10.0. The second-order valence-electron chi connectivity index (χ2n) is 0.939. The molecule has 0 radical (unpaired) electrons. The van der Waals surface area contributed by atoms with Gasteiger partial charge in [-0.25, -0.2) is 0 Å². The lowest BCUT2D eigenvalue weighted by atomic mass is 10.5. The number of allylic oxidation sites excluding steroid dienone is 1. The predicted octanol–water partition coefficient (Wildman–Crippen LogP) is 0.295. The lowest BCUT2D eigenvalue weighted by Gasteiger charge is -1.86. The first-order valence-electron chi connectivity index (χ1n) is 1.76. The third-order valence-electron chi connectivity index (χ3n) is 0.365. The van der Waals surface area contributed by atoms with Gasteiger partial charge in [0.25, 0.3) is 0 Å². The smallest absolute Gasteiger partial charge is 0.171 e. The molecule has 0 amide bonds. The molecule has 0 aliphatic carbocycles. The van der Waals surface area contributed by atoms with Crippen LogP contribution in [0.5, 0.6) is 0 Å².